The highest BCUT2D eigenvalue weighted by molar-refractivity contribution is 5.12. The molecular formula is C18H28N4O. The van der Waals surface area contributed by atoms with Crippen LogP contribution in [0.25, 0.3) is 0 Å². The van der Waals surface area contributed by atoms with Gasteiger partial charge in [-0.3, -0.25) is 9.58 Å². The second-order valence-corrected chi connectivity index (χ2v) is 7.07. The summed E-state index contributed by atoms with van der Waals surface area (Å²) in [5.41, 5.74) is 2.39. The lowest BCUT2D eigenvalue weighted by Gasteiger charge is -2.24. The Balaban J connectivity index is 1.64. The summed E-state index contributed by atoms with van der Waals surface area (Å²) in [6, 6.07) is 2.62. The average Bonchev–Trinajstić information content (AvgIpc) is 3.17. The number of rotatable bonds is 6. The molecule has 0 unspecified atom stereocenters. The van der Waals surface area contributed by atoms with Gasteiger partial charge < -0.3 is 4.52 Å². The Labute approximate surface area is 138 Å². The molecule has 0 saturated heterocycles. The minimum Gasteiger partial charge on any atom is -0.360 e. The van der Waals surface area contributed by atoms with Crippen LogP contribution in [-0.2, 0) is 20.1 Å². The van der Waals surface area contributed by atoms with Crippen molar-refractivity contribution in [3.05, 3.63) is 35.5 Å². The van der Waals surface area contributed by atoms with Crippen LogP contribution in [0.2, 0.25) is 0 Å². The molecule has 0 spiro atoms. The van der Waals surface area contributed by atoms with E-state index < -0.39 is 0 Å². The maximum absolute atomic E-state index is 5.63. The van der Waals surface area contributed by atoms with E-state index in [1.54, 1.807) is 0 Å². The van der Waals surface area contributed by atoms with Gasteiger partial charge in [0, 0.05) is 43.4 Å². The van der Waals surface area contributed by atoms with Crippen molar-refractivity contribution in [3.63, 3.8) is 0 Å². The molecule has 1 fully saturated rings. The standard InChI is InChI=1S/C18H28N4O/c1-14(2)22(12-15-10-19-21(3)11-15)13-17-9-18(20-23-17)16-7-5-4-6-8-16/h9-11,14,16H,4-8,12-13H2,1-3H3. The van der Waals surface area contributed by atoms with Gasteiger partial charge in [0.15, 0.2) is 5.76 Å². The summed E-state index contributed by atoms with van der Waals surface area (Å²) in [4.78, 5) is 2.39. The fourth-order valence-electron chi connectivity index (χ4n) is 3.40. The summed E-state index contributed by atoms with van der Waals surface area (Å²) in [7, 11) is 1.95. The van der Waals surface area contributed by atoms with Gasteiger partial charge in [0.1, 0.15) is 0 Å². The Morgan fingerprint density at radius 3 is 2.70 bits per heavy atom. The van der Waals surface area contributed by atoms with Gasteiger partial charge in [-0.25, -0.2) is 0 Å². The van der Waals surface area contributed by atoms with Crippen molar-refractivity contribution in [2.24, 2.45) is 7.05 Å². The van der Waals surface area contributed by atoms with Gasteiger partial charge in [-0.2, -0.15) is 5.10 Å². The zero-order valence-electron chi connectivity index (χ0n) is 14.5. The minimum absolute atomic E-state index is 0.443. The number of aromatic nitrogens is 3. The lowest BCUT2D eigenvalue weighted by atomic mass is 9.87. The number of aryl methyl sites for hydroxylation is 1. The molecule has 0 radical (unpaired) electrons. The number of hydrogen-bond acceptors (Lipinski definition) is 4. The van der Waals surface area contributed by atoms with Gasteiger partial charge in [-0.15, -0.1) is 0 Å². The second-order valence-electron chi connectivity index (χ2n) is 7.07. The Morgan fingerprint density at radius 1 is 1.26 bits per heavy atom. The molecule has 0 bridgehead atoms. The van der Waals surface area contributed by atoms with Crippen LogP contribution < -0.4 is 0 Å². The number of hydrogen-bond donors (Lipinski definition) is 0. The summed E-state index contributed by atoms with van der Waals surface area (Å²) in [5, 5.41) is 8.60. The van der Waals surface area contributed by atoms with Crippen LogP contribution in [0.5, 0.6) is 0 Å². The van der Waals surface area contributed by atoms with Crippen molar-refractivity contribution in [2.45, 2.75) is 71.0 Å². The third-order valence-corrected chi connectivity index (χ3v) is 4.83. The SMILES string of the molecule is CC(C)N(Cc1cnn(C)c1)Cc1cc(C2CCCCC2)no1. The lowest BCUT2D eigenvalue weighted by Crippen LogP contribution is -2.29. The fraction of sp³-hybridized carbons (Fsp3) is 0.667. The largest absolute Gasteiger partial charge is 0.360 e. The molecule has 1 saturated carbocycles. The van der Waals surface area contributed by atoms with E-state index in [0.29, 0.717) is 12.0 Å². The summed E-state index contributed by atoms with van der Waals surface area (Å²) in [6.45, 7) is 6.11. The van der Waals surface area contributed by atoms with Gasteiger partial charge in [0.05, 0.1) is 18.4 Å². The molecule has 0 amide bonds. The maximum atomic E-state index is 5.63. The molecule has 126 valence electrons. The summed E-state index contributed by atoms with van der Waals surface area (Å²) in [6.07, 6.45) is 10.5. The van der Waals surface area contributed by atoms with Crippen molar-refractivity contribution >= 4 is 0 Å². The molecule has 5 heteroatoms. The van der Waals surface area contributed by atoms with E-state index in [2.05, 4.69) is 41.3 Å². The molecule has 0 atom stereocenters. The summed E-state index contributed by atoms with van der Waals surface area (Å²) < 4.78 is 7.48. The van der Waals surface area contributed by atoms with Crippen LogP contribution in [0.1, 0.15) is 68.9 Å². The Hall–Kier alpha value is -1.62. The molecule has 5 nitrogen and oxygen atoms in total. The van der Waals surface area contributed by atoms with E-state index in [4.69, 9.17) is 4.52 Å². The molecule has 1 aliphatic rings. The van der Waals surface area contributed by atoms with E-state index in [1.165, 1.54) is 37.7 Å². The third kappa shape index (κ3) is 4.22. The van der Waals surface area contributed by atoms with Gasteiger partial charge in [-0.05, 0) is 26.7 Å². The average molecular weight is 316 g/mol. The molecule has 0 N–H and O–H groups in total. The van der Waals surface area contributed by atoms with E-state index >= 15 is 0 Å². The first kappa shape index (κ1) is 16.2. The summed E-state index contributed by atoms with van der Waals surface area (Å²) in [5.74, 6) is 1.58. The molecule has 2 aromatic heterocycles. The molecule has 0 aliphatic heterocycles. The van der Waals surface area contributed by atoms with E-state index in [1.807, 2.05) is 17.9 Å². The highest BCUT2D eigenvalue weighted by atomic mass is 16.5. The first-order chi connectivity index (χ1) is 11.1. The summed E-state index contributed by atoms with van der Waals surface area (Å²) >= 11 is 0. The van der Waals surface area contributed by atoms with E-state index in [9.17, 15) is 0 Å². The molecule has 2 heterocycles. The van der Waals surface area contributed by atoms with Crippen molar-refractivity contribution in [1.29, 1.82) is 0 Å². The predicted molar refractivity (Wildman–Crippen MR) is 89.9 cm³/mol. The quantitative estimate of drug-likeness (QED) is 0.812. The highest BCUT2D eigenvalue weighted by Gasteiger charge is 2.21. The topological polar surface area (TPSA) is 47.1 Å². The Kier molecular flexibility index (Phi) is 5.16. The van der Waals surface area contributed by atoms with Crippen LogP contribution in [0, 0.1) is 0 Å². The smallest absolute Gasteiger partial charge is 0.151 e. The van der Waals surface area contributed by atoms with Crippen LogP contribution >= 0.6 is 0 Å². The maximum Gasteiger partial charge on any atom is 0.151 e. The van der Waals surface area contributed by atoms with Gasteiger partial charge in [0.2, 0.25) is 0 Å². The Morgan fingerprint density at radius 2 is 2.04 bits per heavy atom. The van der Waals surface area contributed by atoms with E-state index in [-0.39, 0.29) is 0 Å². The van der Waals surface area contributed by atoms with Crippen LogP contribution in [-0.4, -0.2) is 25.9 Å². The molecule has 2 aromatic rings. The van der Waals surface area contributed by atoms with Crippen LogP contribution in [0.4, 0.5) is 0 Å². The van der Waals surface area contributed by atoms with Crippen molar-refractivity contribution in [2.75, 3.05) is 0 Å². The lowest BCUT2D eigenvalue weighted by molar-refractivity contribution is 0.180. The predicted octanol–water partition coefficient (Wildman–Crippen LogP) is 3.87. The number of nitrogens with zero attached hydrogens (tertiary/aromatic N) is 4. The molecular weight excluding hydrogens is 288 g/mol. The fourth-order valence-corrected chi connectivity index (χ4v) is 3.40. The minimum atomic E-state index is 0.443. The van der Waals surface area contributed by atoms with Crippen LogP contribution in [0.15, 0.2) is 23.0 Å². The van der Waals surface area contributed by atoms with Gasteiger partial charge in [-0.1, -0.05) is 24.4 Å². The zero-order chi connectivity index (χ0) is 16.2. The van der Waals surface area contributed by atoms with Crippen molar-refractivity contribution in [3.8, 4) is 0 Å². The van der Waals surface area contributed by atoms with Gasteiger partial charge >= 0.3 is 0 Å². The van der Waals surface area contributed by atoms with Gasteiger partial charge in [0.25, 0.3) is 0 Å². The normalized spacial score (nSPS) is 16.6. The van der Waals surface area contributed by atoms with E-state index in [0.717, 1.165) is 24.5 Å². The Bertz CT molecular complexity index is 610. The molecule has 1 aliphatic carbocycles. The highest BCUT2D eigenvalue weighted by Crippen LogP contribution is 2.32. The van der Waals surface area contributed by atoms with Crippen LogP contribution in [0.3, 0.4) is 0 Å². The first-order valence-corrected chi connectivity index (χ1v) is 8.79. The van der Waals surface area contributed by atoms with Crippen molar-refractivity contribution in [1.82, 2.24) is 19.8 Å². The zero-order valence-corrected chi connectivity index (χ0v) is 14.5. The molecule has 3 rings (SSSR count). The second kappa shape index (κ2) is 7.30. The third-order valence-electron chi connectivity index (χ3n) is 4.83. The molecule has 0 aromatic carbocycles. The first-order valence-electron chi connectivity index (χ1n) is 8.79. The monoisotopic (exact) mass is 316 g/mol. The molecule has 23 heavy (non-hydrogen) atoms. The van der Waals surface area contributed by atoms with Crippen molar-refractivity contribution < 1.29 is 4.52 Å².